The molecular formula is C15H21N. The van der Waals surface area contributed by atoms with Crippen molar-refractivity contribution in [2.45, 2.75) is 20.8 Å². The van der Waals surface area contributed by atoms with Crippen molar-refractivity contribution >= 4 is 5.69 Å². The van der Waals surface area contributed by atoms with E-state index in [9.17, 15) is 0 Å². The molecule has 0 aliphatic carbocycles. The third-order valence-corrected chi connectivity index (χ3v) is 1.74. The van der Waals surface area contributed by atoms with E-state index in [-0.39, 0.29) is 0 Å². The first-order valence-electron chi connectivity index (χ1n) is 5.61. The number of anilines is 1. The van der Waals surface area contributed by atoms with Crippen LogP contribution < -0.4 is 5.73 Å². The van der Waals surface area contributed by atoms with Gasteiger partial charge in [-0.25, -0.2) is 0 Å². The average Bonchev–Trinajstić information content (AvgIpc) is 2.34. The van der Waals surface area contributed by atoms with E-state index in [1.807, 2.05) is 62.4 Å². The number of rotatable bonds is 0. The van der Waals surface area contributed by atoms with Crippen LogP contribution in [0.25, 0.3) is 0 Å². The lowest BCUT2D eigenvalue weighted by molar-refractivity contribution is 1.48. The van der Waals surface area contributed by atoms with Gasteiger partial charge in [0.1, 0.15) is 0 Å². The molecule has 2 aromatic rings. The van der Waals surface area contributed by atoms with E-state index in [4.69, 9.17) is 5.73 Å². The third-order valence-electron chi connectivity index (χ3n) is 1.74. The van der Waals surface area contributed by atoms with Crippen LogP contribution in [0.4, 0.5) is 5.69 Å². The zero-order valence-corrected chi connectivity index (χ0v) is 10.4. The third kappa shape index (κ3) is 7.63. The highest BCUT2D eigenvalue weighted by Gasteiger charge is 1.72. The lowest BCUT2D eigenvalue weighted by atomic mass is 10.2. The SMILES string of the molecule is CC.Cc1ccccc1.Nc1ccccc1. The molecule has 0 heterocycles. The fourth-order valence-electron chi connectivity index (χ4n) is 0.987. The summed E-state index contributed by atoms with van der Waals surface area (Å²) >= 11 is 0. The van der Waals surface area contributed by atoms with E-state index >= 15 is 0 Å². The fraction of sp³-hybridized carbons (Fsp3) is 0.200. The highest BCUT2D eigenvalue weighted by molar-refractivity contribution is 5.35. The minimum Gasteiger partial charge on any atom is -0.399 e. The Morgan fingerprint density at radius 3 is 1.25 bits per heavy atom. The second-order valence-electron chi connectivity index (χ2n) is 3.07. The molecule has 0 fully saturated rings. The minimum absolute atomic E-state index is 0.822. The van der Waals surface area contributed by atoms with Crippen molar-refractivity contribution < 1.29 is 0 Å². The van der Waals surface area contributed by atoms with E-state index in [2.05, 4.69) is 19.1 Å². The first kappa shape index (κ1) is 14.2. The highest BCUT2D eigenvalue weighted by atomic mass is 14.5. The maximum atomic E-state index is 5.36. The van der Waals surface area contributed by atoms with E-state index in [1.54, 1.807) is 0 Å². The summed E-state index contributed by atoms with van der Waals surface area (Å²) < 4.78 is 0. The Bertz CT molecular complexity index is 303. The van der Waals surface area contributed by atoms with Crippen LogP contribution in [0.1, 0.15) is 19.4 Å². The zero-order chi connectivity index (χ0) is 12.2. The van der Waals surface area contributed by atoms with E-state index in [0.717, 1.165) is 5.69 Å². The lowest BCUT2D eigenvalue weighted by Crippen LogP contribution is -1.79. The second kappa shape index (κ2) is 9.78. The molecule has 0 bridgehead atoms. The van der Waals surface area contributed by atoms with Crippen LogP contribution in [0.3, 0.4) is 0 Å². The molecule has 0 aliphatic heterocycles. The van der Waals surface area contributed by atoms with Gasteiger partial charge in [0.2, 0.25) is 0 Å². The largest absolute Gasteiger partial charge is 0.399 e. The summed E-state index contributed by atoms with van der Waals surface area (Å²) in [6, 6.07) is 19.7. The van der Waals surface area contributed by atoms with Gasteiger partial charge in [-0.15, -0.1) is 0 Å². The van der Waals surface area contributed by atoms with Gasteiger partial charge in [0, 0.05) is 5.69 Å². The normalized spacial score (nSPS) is 7.94. The molecule has 0 aromatic heterocycles. The maximum absolute atomic E-state index is 5.36. The molecule has 0 saturated carbocycles. The monoisotopic (exact) mass is 215 g/mol. The molecule has 0 atom stereocenters. The number of para-hydroxylation sites is 1. The summed E-state index contributed by atoms with van der Waals surface area (Å²) in [6.45, 7) is 6.08. The molecule has 1 heteroatoms. The Morgan fingerprint density at radius 2 is 1.06 bits per heavy atom. The van der Waals surface area contributed by atoms with Crippen LogP contribution in [0, 0.1) is 6.92 Å². The Hall–Kier alpha value is -1.76. The van der Waals surface area contributed by atoms with Gasteiger partial charge >= 0.3 is 0 Å². The van der Waals surface area contributed by atoms with E-state index in [0.29, 0.717) is 0 Å². The molecule has 0 amide bonds. The van der Waals surface area contributed by atoms with Gasteiger partial charge < -0.3 is 5.73 Å². The predicted molar refractivity (Wildman–Crippen MR) is 73.4 cm³/mol. The van der Waals surface area contributed by atoms with Crippen LogP contribution in [0.2, 0.25) is 0 Å². The van der Waals surface area contributed by atoms with Gasteiger partial charge in [-0.1, -0.05) is 67.9 Å². The number of benzene rings is 2. The summed E-state index contributed by atoms with van der Waals surface area (Å²) in [5.74, 6) is 0. The minimum atomic E-state index is 0.822. The summed E-state index contributed by atoms with van der Waals surface area (Å²) in [6.07, 6.45) is 0. The lowest BCUT2D eigenvalue weighted by Gasteiger charge is -1.83. The Kier molecular flexibility index (Phi) is 8.71. The van der Waals surface area contributed by atoms with Crippen LogP contribution in [-0.2, 0) is 0 Å². The molecule has 2 rings (SSSR count). The van der Waals surface area contributed by atoms with E-state index < -0.39 is 0 Å². The smallest absolute Gasteiger partial charge is 0.0313 e. The van der Waals surface area contributed by atoms with Crippen molar-refractivity contribution in [3.8, 4) is 0 Å². The first-order chi connectivity index (χ1) is 7.79. The molecule has 0 spiro atoms. The summed E-state index contributed by atoms with van der Waals surface area (Å²) in [5, 5.41) is 0. The molecule has 2 N–H and O–H groups in total. The van der Waals surface area contributed by atoms with Crippen molar-refractivity contribution in [3.63, 3.8) is 0 Å². The van der Waals surface area contributed by atoms with Crippen molar-refractivity contribution in [3.05, 3.63) is 66.2 Å². The number of aryl methyl sites for hydroxylation is 1. The van der Waals surface area contributed by atoms with Crippen LogP contribution in [-0.4, -0.2) is 0 Å². The summed E-state index contributed by atoms with van der Waals surface area (Å²) in [7, 11) is 0. The molecule has 86 valence electrons. The van der Waals surface area contributed by atoms with Crippen LogP contribution >= 0.6 is 0 Å². The molecule has 0 saturated heterocycles. The maximum Gasteiger partial charge on any atom is 0.0313 e. The van der Waals surface area contributed by atoms with Crippen LogP contribution in [0.15, 0.2) is 60.7 Å². The van der Waals surface area contributed by atoms with Crippen molar-refractivity contribution in [1.82, 2.24) is 0 Å². The Morgan fingerprint density at radius 1 is 0.688 bits per heavy atom. The Balaban J connectivity index is 0.000000244. The number of nitrogen functional groups attached to an aromatic ring is 1. The van der Waals surface area contributed by atoms with Crippen LogP contribution in [0.5, 0.6) is 0 Å². The predicted octanol–water partition coefficient (Wildman–Crippen LogP) is 4.29. The van der Waals surface area contributed by atoms with Crippen molar-refractivity contribution in [1.29, 1.82) is 0 Å². The second-order valence-corrected chi connectivity index (χ2v) is 3.07. The van der Waals surface area contributed by atoms with E-state index in [1.165, 1.54) is 5.56 Å². The van der Waals surface area contributed by atoms with Gasteiger partial charge in [0.25, 0.3) is 0 Å². The highest BCUT2D eigenvalue weighted by Crippen LogP contribution is 1.95. The molecule has 2 aromatic carbocycles. The van der Waals surface area contributed by atoms with Gasteiger partial charge in [-0.3, -0.25) is 0 Å². The summed E-state index contributed by atoms with van der Waals surface area (Å²) in [5.41, 5.74) is 7.50. The molecule has 1 nitrogen and oxygen atoms in total. The van der Waals surface area contributed by atoms with Gasteiger partial charge in [0.15, 0.2) is 0 Å². The van der Waals surface area contributed by atoms with Gasteiger partial charge in [-0.05, 0) is 19.1 Å². The summed E-state index contributed by atoms with van der Waals surface area (Å²) in [4.78, 5) is 0. The van der Waals surface area contributed by atoms with Crippen molar-refractivity contribution in [2.24, 2.45) is 0 Å². The average molecular weight is 215 g/mol. The van der Waals surface area contributed by atoms with Gasteiger partial charge in [-0.2, -0.15) is 0 Å². The number of nitrogens with two attached hydrogens (primary N) is 1. The molecular weight excluding hydrogens is 194 g/mol. The van der Waals surface area contributed by atoms with Gasteiger partial charge in [0.05, 0.1) is 0 Å². The van der Waals surface area contributed by atoms with Crippen molar-refractivity contribution in [2.75, 3.05) is 5.73 Å². The molecule has 16 heavy (non-hydrogen) atoms. The number of hydrogen-bond acceptors (Lipinski definition) is 1. The molecule has 0 unspecified atom stereocenters. The quantitative estimate of drug-likeness (QED) is 0.652. The molecule has 0 radical (unpaired) electrons. The molecule has 0 aliphatic rings. The first-order valence-corrected chi connectivity index (χ1v) is 5.61. The fourth-order valence-corrected chi connectivity index (χ4v) is 0.987. The Labute approximate surface area is 98.9 Å². The topological polar surface area (TPSA) is 26.0 Å². The number of hydrogen-bond donors (Lipinski definition) is 1. The zero-order valence-electron chi connectivity index (χ0n) is 10.4. The standard InChI is InChI=1S/C7H8.C6H7N.C2H6/c1-7-5-3-2-4-6-7;7-6-4-2-1-3-5-6;1-2/h2-6H,1H3;1-5H,7H2;1-2H3.